The smallest absolute Gasteiger partial charge is 0.320 e. The first-order valence-corrected chi connectivity index (χ1v) is 7.90. The number of morpholine rings is 1. The normalized spacial score (nSPS) is 16.2. The lowest BCUT2D eigenvalue weighted by Crippen LogP contribution is -2.38. The first-order valence-electron chi connectivity index (χ1n) is 7.90. The molecule has 3 heterocycles. The molecule has 3 rings (SSSR count). The molecular weight excluding hydrogens is 312 g/mol. The highest BCUT2D eigenvalue weighted by atomic mass is 16.5. The standard InChI is InChI=1S/C15H22N6O3/c1-10(9-23-2)17-15(22)18-13-7-12-11(8-16-13)14(20-19-12)21-3-5-24-6-4-21/h7-8,10H,3-6,9H2,1-2H3,(H,19,20)(H2,16,17,18,22)/t10-/m0/s1. The molecule has 9 heteroatoms. The molecule has 9 nitrogen and oxygen atoms in total. The van der Waals surface area contributed by atoms with Crippen molar-refractivity contribution in [2.45, 2.75) is 13.0 Å². The van der Waals surface area contributed by atoms with Gasteiger partial charge in [-0.3, -0.25) is 10.4 Å². The summed E-state index contributed by atoms with van der Waals surface area (Å²) < 4.78 is 10.4. The van der Waals surface area contributed by atoms with Gasteiger partial charge in [-0.25, -0.2) is 9.78 Å². The third kappa shape index (κ3) is 3.74. The average Bonchev–Trinajstić information content (AvgIpc) is 2.99. The number of aromatic nitrogens is 3. The number of aromatic amines is 1. The summed E-state index contributed by atoms with van der Waals surface area (Å²) in [5.74, 6) is 1.33. The summed E-state index contributed by atoms with van der Waals surface area (Å²) in [6.45, 7) is 5.31. The van der Waals surface area contributed by atoms with Crippen molar-refractivity contribution in [1.82, 2.24) is 20.5 Å². The lowest BCUT2D eigenvalue weighted by Gasteiger charge is -2.26. The maximum atomic E-state index is 11.9. The van der Waals surface area contributed by atoms with Crippen molar-refractivity contribution in [3.05, 3.63) is 12.3 Å². The summed E-state index contributed by atoms with van der Waals surface area (Å²) >= 11 is 0. The van der Waals surface area contributed by atoms with E-state index in [2.05, 4.69) is 30.7 Å². The first-order chi connectivity index (χ1) is 11.7. The Morgan fingerprint density at radius 2 is 2.29 bits per heavy atom. The van der Waals surface area contributed by atoms with Crippen LogP contribution in [0, 0.1) is 0 Å². The highest BCUT2D eigenvalue weighted by Crippen LogP contribution is 2.25. The lowest BCUT2D eigenvalue weighted by molar-refractivity contribution is 0.122. The van der Waals surface area contributed by atoms with Gasteiger partial charge in [0, 0.05) is 32.5 Å². The monoisotopic (exact) mass is 334 g/mol. The molecule has 1 saturated heterocycles. The van der Waals surface area contributed by atoms with Gasteiger partial charge in [0.05, 0.1) is 36.8 Å². The van der Waals surface area contributed by atoms with Crippen LogP contribution in [0.4, 0.5) is 16.4 Å². The number of hydrogen-bond donors (Lipinski definition) is 3. The number of hydrogen-bond acceptors (Lipinski definition) is 6. The second-order valence-corrected chi connectivity index (χ2v) is 5.72. The van der Waals surface area contributed by atoms with E-state index in [1.165, 1.54) is 0 Å². The van der Waals surface area contributed by atoms with Gasteiger partial charge < -0.3 is 19.7 Å². The van der Waals surface area contributed by atoms with Crippen molar-refractivity contribution in [3.8, 4) is 0 Å². The molecule has 1 aliphatic heterocycles. The van der Waals surface area contributed by atoms with Crippen LogP contribution in [0.5, 0.6) is 0 Å². The minimum atomic E-state index is -0.320. The quantitative estimate of drug-likeness (QED) is 0.752. The summed E-state index contributed by atoms with van der Waals surface area (Å²) in [6.07, 6.45) is 1.72. The molecule has 3 N–H and O–H groups in total. The summed E-state index contributed by atoms with van der Waals surface area (Å²) in [5, 5.41) is 13.8. The Bertz CT molecular complexity index is 698. The summed E-state index contributed by atoms with van der Waals surface area (Å²) in [6, 6.07) is 1.37. The fourth-order valence-electron chi connectivity index (χ4n) is 2.65. The van der Waals surface area contributed by atoms with Crippen LogP contribution in [0.15, 0.2) is 12.3 Å². The Morgan fingerprint density at radius 3 is 3.04 bits per heavy atom. The second kappa shape index (κ2) is 7.45. The minimum absolute atomic E-state index is 0.0844. The van der Waals surface area contributed by atoms with E-state index in [1.807, 2.05) is 6.92 Å². The van der Waals surface area contributed by atoms with Crippen molar-refractivity contribution in [2.24, 2.45) is 0 Å². The van der Waals surface area contributed by atoms with Gasteiger partial charge >= 0.3 is 6.03 Å². The number of pyridine rings is 1. The lowest BCUT2D eigenvalue weighted by atomic mass is 10.3. The molecule has 2 aromatic rings. The van der Waals surface area contributed by atoms with Crippen molar-refractivity contribution in [3.63, 3.8) is 0 Å². The zero-order valence-corrected chi connectivity index (χ0v) is 13.8. The Hall–Kier alpha value is -2.39. The van der Waals surface area contributed by atoms with E-state index >= 15 is 0 Å². The number of anilines is 2. The minimum Gasteiger partial charge on any atom is -0.383 e. The number of carbonyl (C=O) groups is 1. The molecule has 2 aromatic heterocycles. The van der Waals surface area contributed by atoms with Gasteiger partial charge in [0.1, 0.15) is 5.82 Å². The number of carbonyl (C=O) groups excluding carboxylic acids is 1. The van der Waals surface area contributed by atoms with Crippen molar-refractivity contribution >= 4 is 28.6 Å². The second-order valence-electron chi connectivity index (χ2n) is 5.72. The number of urea groups is 1. The average molecular weight is 334 g/mol. The molecule has 1 fully saturated rings. The molecule has 24 heavy (non-hydrogen) atoms. The van der Waals surface area contributed by atoms with Crippen LogP contribution in [-0.2, 0) is 9.47 Å². The fourth-order valence-corrected chi connectivity index (χ4v) is 2.65. The summed E-state index contributed by atoms with van der Waals surface area (Å²) in [4.78, 5) is 18.4. The maximum Gasteiger partial charge on any atom is 0.320 e. The Morgan fingerprint density at radius 1 is 1.50 bits per heavy atom. The Balaban J connectivity index is 1.69. The van der Waals surface area contributed by atoms with Gasteiger partial charge in [0.25, 0.3) is 0 Å². The number of H-pyrrole nitrogens is 1. The van der Waals surface area contributed by atoms with Crippen molar-refractivity contribution < 1.29 is 14.3 Å². The van der Waals surface area contributed by atoms with Crippen molar-refractivity contribution in [2.75, 3.05) is 50.2 Å². The van der Waals surface area contributed by atoms with Crippen molar-refractivity contribution in [1.29, 1.82) is 0 Å². The molecule has 1 atom stereocenters. The third-order valence-electron chi connectivity index (χ3n) is 3.77. The largest absolute Gasteiger partial charge is 0.383 e. The topological polar surface area (TPSA) is 104 Å². The van der Waals surface area contributed by atoms with E-state index in [0.717, 1.165) is 29.8 Å². The van der Waals surface area contributed by atoms with Gasteiger partial charge in [-0.15, -0.1) is 0 Å². The van der Waals surface area contributed by atoms with Crippen LogP contribution in [0.25, 0.3) is 10.9 Å². The van der Waals surface area contributed by atoms with Gasteiger partial charge in [-0.2, -0.15) is 5.10 Å². The van der Waals surface area contributed by atoms with Gasteiger partial charge in [-0.1, -0.05) is 0 Å². The predicted octanol–water partition coefficient (Wildman–Crippen LogP) is 0.951. The first kappa shape index (κ1) is 16.5. The maximum absolute atomic E-state index is 11.9. The molecular formula is C15H22N6O3. The molecule has 2 amide bonds. The highest BCUT2D eigenvalue weighted by molar-refractivity contribution is 5.94. The number of nitrogens with zero attached hydrogens (tertiary/aromatic N) is 3. The molecule has 130 valence electrons. The van der Waals surface area contributed by atoms with E-state index in [1.54, 1.807) is 19.4 Å². The number of nitrogens with one attached hydrogen (secondary N) is 3. The Kier molecular flexibility index (Phi) is 5.11. The fraction of sp³-hybridized carbons (Fsp3) is 0.533. The molecule has 0 bridgehead atoms. The predicted molar refractivity (Wildman–Crippen MR) is 90.4 cm³/mol. The van der Waals surface area contributed by atoms with Crippen LogP contribution in [-0.4, -0.2) is 67.3 Å². The molecule has 0 unspecified atom stereocenters. The molecule has 0 saturated carbocycles. The number of ether oxygens (including phenoxy) is 2. The zero-order valence-electron chi connectivity index (χ0n) is 13.8. The number of methoxy groups -OCH3 is 1. The van der Waals surface area contributed by atoms with Crippen LogP contribution in [0.3, 0.4) is 0 Å². The SMILES string of the molecule is COC[C@H](C)NC(=O)Nc1cc2[nH]nc(N3CCOCC3)c2cn1. The molecule has 0 spiro atoms. The van der Waals surface area contributed by atoms with Crippen LogP contribution < -0.4 is 15.5 Å². The number of amides is 2. The van der Waals surface area contributed by atoms with Gasteiger partial charge in [0.15, 0.2) is 5.82 Å². The highest BCUT2D eigenvalue weighted by Gasteiger charge is 2.17. The Labute approximate surface area is 139 Å². The molecule has 0 aromatic carbocycles. The summed E-state index contributed by atoms with van der Waals surface area (Å²) in [5.41, 5.74) is 0.826. The third-order valence-corrected chi connectivity index (χ3v) is 3.77. The number of rotatable bonds is 5. The van der Waals surface area contributed by atoms with E-state index in [4.69, 9.17) is 9.47 Å². The van der Waals surface area contributed by atoms with E-state index < -0.39 is 0 Å². The van der Waals surface area contributed by atoms with Crippen LogP contribution in [0.2, 0.25) is 0 Å². The molecule has 0 radical (unpaired) electrons. The number of fused-ring (bicyclic) bond motifs is 1. The van der Waals surface area contributed by atoms with Crippen LogP contribution >= 0.6 is 0 Å². The van der Waals surface area contributed by atoms with E-state index in [0.29, 0.717) is 25.6 Å². The zero-order chi connectivity index (χ0) is 16.9. The van der Waals surface area contributed by atoms with Gasteiger partial charge in [-0.05, 0) is 6.92 Å². The van der Waals surface area contributed by atoms with Crippen LogP contribution in [0.1, 0.15) is 6.92 Å². The molecule has 0 aliphatic carbocycles. The van der Waals surface area contributed by atoms with Gasteiger partial charge in [0.2, 0.25) is 0 Å². The molecule has 1 aliphatic rings. The van der Waals surface area contributed by atoms with E-state index in [9.17, 15) is 4.79 Å². The summed E-state index contributed by atoms with van der Waals surface area (Å²) in [7, 11) is 1.59. The van der Waals surface area contributed by atoms with E-state index in [-0.39, 0.29) is 12.1 Å².